The topological polar surface area (TPSA) is 49.9 Å². The fourth-order valence-corrected chi connectivity index (χ4v) is 2.46. The monoisotopic (exact) mass is 292 g/mol. The lowest BCUT2D eigenvalue weighted by Gasteiger charge is -2.34. The van der Waals surface area contributed by atoms with Crippen molar-refractivity contribution in [2.75, 3.05) is 26.2 Å². The number of nitrogens with zero attached hydrogens (tertiary/aromatic N) is 2. The Hall–Kier alpha value is -2.11. The van der Waals surface area contributed by atoms with Gasteiger partial charge in [0.15, 0.2) is 18.2 Å². The minimum absolute atomic E-state index is 0.0111. The van der Waals surface area contributed by atoms with Crippen LogP contribution < -0.4 is 4.74 Å². The van der Waals surface area contributed by atoms with Gasteiger partial charge in [0.2, 0.25) is 5.91 Å². The second-order valence-corrected chi connectivity index (χ2v) is 5.35. The number of benzene rings is 1. The first-order valence-corrected chi connectivity index (χ1v) is 7.10. The quantitative estimate of drug-likeness (QED) is 0.833. The predicted octanol–water partition coefficient (Wildman–Crippen LogP) is 1.04. The first-order valence-electron chi connectivity index (χ1n) is 7.10. The predicted molar refractivity (Wildman–Crippen MR) is 73.2 cm³/mol. The van der Waals surface area contributed by atoms with E-state index < -0.39 is 5.82 Å². The third-order valence-electron chi connectivity index (χ3n) is 3.79. The van der Waals surface area contributed by atoms with Gasteiger partial charge in [0, 0.05) is 19.1 Å². The Morgan fingerprint density at radius 1 is 1.29 bits per heavy atom. The molecule has 1 aliphatic carbocycles. The number of piperazine rings is 1. The maximum absolute atomic E-state index is 13.4. The fraction of sp³-hybridized carbons (Fsp3) is 0.467. The van der Waals surface area contributed by atoms with E-state index in [-0.39, 0.29) is 30.7 Å². The molecule has 21 heavy (non-hydrogen) atoms. The molecule has 2 fully saturated rings. The van der Waals surface area contributed by atoms with Crippen LogP contribution in [0, 0.1) is 5.82 Å². The molecule has 0 aromatic heterocycles. The Bertz CT molecular complexity index is 560. The molecule has 0 N–H and O–H groups in total. The summed E-state index contributed by atoms with van der Waals surface area (Å²) in [5, 5.41) is 0. The van der Waals surface area contributed by atoms with Crippen molar-refractivity contribution in [3.8, 4) is 5.75 Å². The molecule has 0 radical (unpaired) electrons. The number of hydrogen-bond donors (Lipinski definition) is 0. The summed E-state index contributed by atoms with van der Waals surface area (Å²) in [5.41, 5.74) is 0. The van der Waals surface area contributed by atoms with Crippen LogP contribution in [-0.4, -0.2) is 53.9 Å². The third-order valence-corrected chi connectivity index (χ3v) is 3.79. The maximum Gasteiger partial charge on any atom is 0.261 e. The lowest BCUT2D eigenvalue weighted by Crippen LogP contribution is -2.53. The van der Waals surface area contributed by atoms with Crippen LogP contribution in [0.4, 0.5) is 4.39 Å². The summed E-state index contributed by atoms with van der Waals surface area (Å²) in [6.45, 7) is 0.935. The van der Waals surface area contributed by atoms with Crippen molar-refractivity contribution in [2.24, 2.45) is 0 Å². The number of hydrogen-bond acceptors (Lipinski definition) is 3. The van der Waals surface area contributed by atoms with Crippen LogP contribution in [-0.2, 0) is 9.59 Å². The zero-order valence-corrected chi connectivity index (χ0v) is 11.6. The van der Waals surface area contributed by atoms with Gasteiger partial charge in [0.25, 0.3) is 5.91 Å². The Labute approximate surface area is 122 Å². The first kappa shape index (κ1) is 13.9. The Morgan fingerprint density at radius 3 is 2.71 bits per heavy atom. The first-order chi connectivity index (χ1) is 10.1. The van der Waals surface area contributed by atoms with Gasteiger partial charge in [-0.2, -0.15) is 0 Å². The van der Waals surface area contributed by atoms with Gasteiger partial charge in [-0.1, -0.05) is 12.1 Å². The highest BCUT2D eigenvalue weighted by Crippen LogP contribution is 2.28. The molecule has 0 atom stereocenters. The number of ether oxygens (including phenoxy) is 1. The molecule has 0 spiro atoms. The molecule has 0 unspecified atom stereocenters. The number of amides is 2. The molecule has 1 heterocycles. The smallest absolute Gasteiger partial charge is 0.261 e. The van der Waals surface area contributed by atoms with Gasteiger partial charge in [-0.15, -0.1) is 0 Å². The Balaban J connectivity index is 1.52. The molecule has 112 valence electrons. The van der Waals surface area contributed by atoms with E-state index in [2.05, 4.69) is 0 Å². The summed E-state index contributed by atoms with van der Waals surface area (Å²) < 4.78 is 18.6. The molecular weight excluding hydrogens is 275 g/mol. The number of carbonyl (C=O) groups excluding carboxylic acids is 2. The number of halogens is 1. The highest BCUT2D eigenvalue weighted by molar-refractivity contribution is 5.87. The van der Waals surface area contributed by atoms with Crippen molar-refractivity contribution in [3.63, 3.8) is 0 Å². The zero-order valence-electron chi connectivity index (χ0n) is 11.6. The standard InChI is InChI=1S/C15H17FN2O3/c16-12-3-1-2-4-13(12)21-10-15(20)17-7-8-18(11-5-6-11)14(19)9-17/h1-4,11H,5-10H2. The van der Waals surface area contributed by atoms with Crippen LogP contribution in [0.5, 0.6) is 5.75 Å². The third kappa shape index (κ3) is 3.15. The zero-order chi connectivity index (χ0) is 14.8. The Morgan fingerprint density at radius 2 is 2.05 bits per heavy atom. The molecule has 2 aliphatic rings. The van der Waals surface area contributed by atoms with Gasteiger partial charge < -0.3 is 14.5 Å². The molecule has 2 amide bonds. The Kier molecular flexibility index (Phi) is 3.77. The van der Waals surface area contributed by atoms with Gasteiger partial charge in [0.1, 0.15) is 0 Å². The van der Waals surface area contributed by atoms with Gasteiger partial charge >= 0.3 is 0 Å². The molecule has 5 nitrogen and oxygen atoms in total. The van der Waals surface area contributed by atoms with Gasteiger partial charge in [-0.25, -0.2) is 4.39 Å². The van der Waals surface area contributed by atoms with E-state index in [9.17, 15) is 14.0 Å². The molecule has 1 aromatic carbocycles. The largest absolute Gasteiger partial charge is 0.481 e. The van der Waals surface area contributed by atoms with Crippen LogP contribution in [0.15, 0.2) is 24.3 Å². The molecule has 1 saturated heterocycles. The summed E-state index contributed by atoms with van der Waals surface area (Å²) in [5.74, 6) is -0.751. The minimum Gasteiger partial charge on any atom is -0.481 e. The molecular formula is C15H17FN2O3. The van der Waals surface area contributed by atoms with Gasteiger partial charge in [-0.05, 0) is 25.0 Å². The van der Waals surface area contributed by atoms with Gasteiger partial charge in [0.05, 0.1) is 6.54 Å². The van der Waals surface area contributed by atoms with E-state index in [1.165, 1.54) is 17.0 Å². The van der Waals surface area contributed by atoms with E-state index in [0.717, 1.165) is 12.8 Å². The average molecular weight is 292 g/mol. The van der Waals surface area contributed by atoms with E-state index >= 15 is 0 Å². The number of carbonyl (C=O) groups is 2. The lowest BCUT2D eigenvalue weighted by molar-refractivity contribution is -0.146. The van der Waals surface area contributed by atoms with E-state index in [1.807, 2.05) is 4.90 Å². The van der Waals surface area contributed by atoms with Crippen molar-refractivity contribution in [1.82, 2.24) is 9.80 Å². The SMILES string of the molecule is O=C(COc1ccccc1F)N1CCN(C2CC2)C(=O)C1. The summed E-state index contributed by atoms with van der Waals surface area (Å²) >= 11 is 0. The van der Waals surface area contributed by atoms with Crippen molar-refractivity contribution in [3.05, 3.63) is 30.1 Å². The van der Waals surface area contributed by atoms with Crippen molar-refractivity contribution < 1.29 is 18.7 Å². The van der Waals surface area contributed by atoms with E-state index in [1.54, 1.807) is 12.1 Å². The maximum atomic E-state index is 13.4. The minimum atomic E-state index is -0.500. The second-order valence-electron chi connectivity index (χ2n) is 5.35. The van der Waals surface area contributed by atoms with Crippen molar-refractivity contribution >= 4 is 11.8 Å². The number of para-hydroxylation sites is 1. The molecule has 6 heteroatoms. The van der Waals surface area contributed by atoms with Crippen LogP contribution in [0.3, 0.4) is 0 Å². The summed E-state index contributed by atoms with van der Waals surface area (Å²) in [7, 11) is 0. The normalized spacial score (nSPS) is 18.8. The average Bonchev–Trinajstić information content (AvgIpc) is 3.30. The van der Waals surface area contributed by atoms with E-state index in [4.69, 9.17) is 4.74 Å². The molecule has 1 aromatic rings. The second kappa shape index (κ2) is 5.71. The van der Waals surface area contributed by atoms with Crippen LogP contribution in [0.2, 0.25) is 0 Å². The lowest BCUT2D eigenvalue weighted by atomic mass is 10.3. The summed E-state index contributed by atoms with van der Waals surface area (Å²) in [6.07, 6.45) is 2.13. The fourth-order valence-electron chi connectivity index (χ4n) is 2.46. The molecule has 1 saturated carbocycles. The summed E-state index contributed by atoms with van der Waals surface area (Å²) in [6, 6.07) is 6.32. The van der Waals surface area contributed by atoms with Crippen molar-refractivity contribution in [1.29, 1.82) is 0 Å². The van der Waals surface area contributed by atoms with Crippen LogP contribution in [0.25, 0.3) is 0 Å². The molecule has 3 rings (SSSR count). The highest BCUT2D eigenvalue weighted by atomic mass is 19.1. The van der Waals surface area contributed by atoms with Crippen LogP contribution >= 0.6 is 0 Å². The van der Waals surface area contributed by atoms with Crippen LogP contribution in [0.1, 0.15) is 12.8 Å². The molecule has 0 bridgehead atoms. The van der Waals surface area contributed by atoms with Gasteiger partial charge in [-0.3, -0.25) is 9.59 Å². The highest BCUT2D eigenvalue weighted by Gasteiger charge is 2.36. The van der Waals surface area contributed by atoms with E-state index in [0.29, 0.717) is 19.1 Å². The number of rotatable bonds is 4. The van der Waals surface area contributed by atoms with Crippen molar-refractivity contribution in [2.45, 2.75) is 18.9 Å². The molecule has 1 aliphatic heterocycles. The summed E-state index contributed by atoms with van der Waals surface area (Å²) in [4.78, 5) is 27.3.